The van der Waals surface area contributed by atoms with Gasteiger partial charge in [-0.1, -0.05) is 35.9 Å². The molecule has 1 amide bonds. The van der Waals surface area contributed by atoms with E-state index in [1.165, 1.54) is 0 Å². The number of aromatic nitrogens is 1. The molecule has 3 aromatic rings. The maximum Gasteiger partial charge on any atom is 0.248 e. The van der Waals surface area contributed by atoms with E-state index in [4.69, 9.17) is 9.47 Å². The number of nitrogens with zero attached hydrogens (tertiary/aromatic N) is 2. The summed E-state index contributed by atoms with van der Waals surface area (Å²) in [6.45, 7) is 4.96. The topological polar surface area (TPSA) is 108 Å². The van der Waals surface area contributed by atoms with Gasteiger partial charge in [-0.2, -0.15) is 5.26 Å². The summed E-state index contributed by atoms with van der Waals surface area (Å²) < 4.78 is 11.7. The summed E-state index contributed by atoms with van der Waals surface area (Å²) in [5.74, 6) is 0.347. The largest absolute Gasteiger partial charge is 0.486 e. The van der Waals surface area contributed by atoms with Crippen molar-refractivity contribution in [3.8, 4) is 11.8 Å². The van der Waals surface area contributed by atoms with Gasteiger partial charge in [-0.15, -0.1) is 0 Å². The number of pyridine rings is 1. The lowest BCUT2D eigenvalue weighted by Gasteiger charge is -2.21. The Morgan fingerprint density at radius 1 is 1.27 bits per heavy atom. The molecule has 0 bridgehead atoms. The summed E-state index contributed by atoms with van der Waals surface area (Å²) in [4.78, 5) is 17.5. The molecule has 1 aromatic heterocycles. The van der Waals surface area contributed by atoms with Gasteiger partial charge in [-0.05, 0) is 44.5 Å². The second-order valence-electron chi connectivity index (χ2n) is 9.45. The number of hydrogen-bond donors (Lipinski definition) is 3. The quantitative estimate of drug-likeness (QED) is 0.406. The Morgan fingerprint density at radius 2 is 2.08 bits per heavy atom. The lowest BCUT2D eigenvalue weighted by atomic mass is 10.0. The van der Waals surface area contributed by atoms with Crippen LogP contribution in [0.2, 0.25) is 0 Å². The van der Waals surface area contributed by atoms with E-state index >= 15 is 0 Å². The molecule has 2 fully saturated rings. The Kier molecular flexibility index (Phi) is 7.64. The van der Waals surface area contributed by atoms with Crippen molar-refractivity contribution in [3.63, 3.8) is 0 Å². The van der Waals surface area contributed by atoms with Crippen molar-refractivity contribution >= 4 is 28.2 Å². The first kappa shape index (κ1) is 24.8. The molecule has 2 aromatic carbocycles. The van der Waals surface area contributed by atoms with Crippen molar-refractivity contribution in [2.45, 2.75) is 38.3 Å². The van der Waals surface area contributed by atoms with Gasteiger partial charge in [0.15, 0.2) is 0 Å². The Balaban J connectivity index is 1.53. The highest BCUT2D eigenvalue weighted by molar-refractivity contribution is 6.04. The molecule has 8 heteroatoms. The van der Waals surface area contributed by atoms with E-state index in [0.29, 0.717) is 41.4 Å². The van der Waals surface area contributed by atoms with E-state index in [1.807, 2.05) is 49.4 Å². The van der Waals surface area contributed by atoms with Crippen LogP contribution in [0.25, 0.3) is 10.9 Å². The first-order valence-electron chi connectivity index (χ1n) is 12.7. The van der Waals surface area contributed by atoms with Crippen LogP contribution in [0.3, 0.4) is 0 Å². The fraction of sp³-hybridized carbons (Fsp3) is 0.345. The van der Waals surface area contributed by atoms with Gasteiger partial charge in [0.05, 0.1) is 35.7 Å². The van der Waals surface area contributed by atoms with Crippen LogP contribution in [0.5, 0.6) is 5.75 Å². The van der Waals surface area contributed by atoms with Gasteiger partial charge in [0.2, 0.25) is 5.91 Å². The highest BCUT2D eigenvalue weighted by Crippen LogP contribution is 2.37. The number of hydrogen-bond acceptors (Lipinski definition) is 7. The third kappa shape index (κ3) is 5.91. The molecular formula is C29H31N5O3. The third-order valence-corrected chi connectivity index (χ3v) is 6.77. The summed E-state index contributed by atoms with van der Waals surface area (Å²) in [6.07, 6.45) is 5.66. The van der Waals surface area contributed by atoms with Gasteiger partial charge in [0, 0.05) is 36.2 Å². The molecule has 3 N–H and O–H groups in total. The molecule has 2 aliphatic rings. The van der Waals surface area contributed by atoms with Gasteiger partial charge < -0.3 is 25.4 Å². The number of amides is 1. The van der Waals surface area contributed by atoms with Crippen LogP contribution in [0.1, 0.15) is 43.4 Å². The van der Waals surface area contributed by atoms with Crippen molar-refractivity contribution in [2.24, 2.45) is 0 Å². The lowest BCUT2D eigenvalue weighted by molar-refractivity contribution is -0.112. The number of fused-ring (bicyclic) bond motifs is 1. The third-order valence-electron chi connectivity index (χ3n) is 6.77. The molecule has 0 aliphatic carbocycles. The van der Waals surface area contributed by atoms with Crippen LogP contribution >= 0.6 is 0 Å². The van der Waals surface area contributed by atoms with Gasteiger partial charge in [-0.3, -0.25) is 9.78 Å². The van der Waals surface area contributed by atoms with Crippen LogP contribution in [0.4, 0.5) is 11.4 Å². The van der Waals surface area contributed by atoms with Crippen LogP contribution in [-0.4, -0.2) is 43.3 Å². The normalized spacial score (nSPS) is 18.2. The van der Waals surface area contributed by atoms with Gasteiger partial charge >= 0.3 is 0 Å². The van der Waals surface area contributed by atoms with Gasteiger partial charge in [0.1, 0.15) is 17.9 Å². The zero-order valence-corrected chi connectivity index (χ0v) is 20.9. The number of benzene rings is 2. The smallest absolute Gasteiger partial charge is 0.248 e. The number of carbonyl (C=O) groups is 1. The summed E-state index contributed by atoms with van der Waals surface area (Å²) in [7, 11) is 0. The Hall–Kier alpha value is -3.93. The maximum atomic E-state index is 13.0. The fourth-order valence-electron chi connectivity index (χ4n) is 4.73. The molecular weight excluding hydrogens is 466 g/mol. The number of nitriles is 1. The highest BCUT2D eigenvalue weighted by atomic mass is 16.5. The van der Waals surface area contributed by atoms with E-state index in [0.717, 1.165) is 48.9 Å². The molecule has 2 unspecified atom stereocenters. The predicted octanol–water partition coefficient (Wildman–Crippen LogP) is 4.70. The SMILES string of the molecule is CC(Nc1c(C#N)cnc2cc(OC3CCOC3)c(NC(=O)C=C3CCNCC3)cc12)c1ccccc1. The van der Waals surface area contributed by atoms with E-state index in [1.54, 1.807) is 12.3 Å². The molecule has 2 atom stereocenters. The Bertz CT molecular complexity index is 1340. The minimum atomic E-state index is -0.194. The standard InChI is InChI=1S/C29H31N5O3/c1-19(21-5-3-2-4-6-21)33-29-22(16-30)17-32-25-15-27(37-23-9-12-36-18-23)26(14-24(25)29)34-28(35)13-20-7-10-31-11-8-20/h2-6,13-15,17,19,23,31H,7-12,18H2,1H3,(H,32,33)(H,34,35). The second-order valence-corrected chi connectivity index (χ2v) is 9.45. The molecule has 5 rings (SSSR count). The average molecular weight is 498 g/mol. The number of nitrogens with one attached hydrogen (secondary N) is 3. The summed E-state index contributed by atoms with van der Waals surface area (Å²) in [6, 6.07) is 15.9. The van der Waals surface area contributed by atoms with E-state index in [2.05, 4.69) is 27.0 Å². The van der Waals surface area contributed by atoms with Crippen LogP contribution in [0.15, 0.2) is 60.3 Å². The Morgan fingerprint density at radius 3 is 2.81 bits per heavy atom. The molecule has 0 spiro atoms. The van der Waals surface area contributed by atoms with Crippen LogP contribution in [-0.2, 0) is 9.53 Å². The molecule has 190 valence electrons. The summed E-state index contributed by atoms with van der Waals surface area (Å²) in [5, 5.41) is 20.4. The number of piperidine rings is 1. The zero-order valence-electron chi connectivity index (χ0n) is 20.9. The van der Waals surface area contributed by atoms with Gasteiger partial charge in [-0.25, -0.2) is 0 Å². The summed E-state index contributed by atoms with van der Waals surface area (Å²) >= 11 is 0. The predicted molar refractivity (Wildman–Crippen MR) is 144 cm³/mol. The first-order chi connectivity index (χ1) is 18.1. The van der Waals surface area contributed by atoms with E-state index in [9.17, 15) is 10.1 Å². The molecule has 0 saturated carbocycles. The minimum absolute atomic E-state index is 0.0480. The molecule has 37 heavy (non-hydrogen) atoms. The van der Waals surface area contributed by atoms with E-state index < -0.39 is 0 Å². The average Bonchev–Trinajstić information content (AvgIpc) is 3.43. The molecule has 2 aliphatic heterocycles. The van der Waals surface area contributed by atoms with Crippen molar-refractivity contribution in [3.05, 3.63) is 71.4 Å². The van der Waals surface area contributed by atoms with E-state index in [-0.39, 0.29) is 18.1 Å². The minimum Gasteiger partial charge on any atom is -0.486 e. The van der Waals surface area contributed by atoms with Crippen molar-refractivity contribution in [1.29, 1.82) is 5.26 Å². The number of anilines is 2. The van der Waals surface area contributed by atoms with Crippen molar-refractivity contribution < 1.29 is 14.3 Å². The first-order valence-corrected chi connectivity index (χ1v) is 12.7. The molecule has 8 nitrogen and oxygen atoms in total. The Labute approximate surface area is 216 Å². The van der Waals surface area contributed by atoms with Gasteiger partial charge in [0.25, 0.3) is 0 Å². The van der Waals surface area contributed by atoms with Crippen molar-refractivity contribution in [2.75, 3.05) is 36.9 Å². The van der Waals surface area contributed by atoms with Crippen molar-refractivity contribution in [1.82, 2.24) is 10.3 Å². The number of ether oxygens (including phenoxy) is 2. The number of rotatable bonds is 7. The zero-order chi connectivity index (χ0) is 25.6. The van der Waals surface area contributed by atoms with Crippen LogP contribution in [0, 0.1) is 11.3 Å². The maximum absolute atomic E-state index is 13.0. The molecule has 3 heterocycles. The summed E-state index contributed by atoms with van der Waals surface area (Å²) in [5.41, 5.74) is 4.54. The molecule has 0 radical (unpaired) electrons. The number of carbonyl (C=O) groups excluding carboxylic acids is 1. The fourth-order valence-corrected chi connectivity index (χ4v) is 4.73. The van der Waals surface area contributed by atoms with Crippen LogP contribution < -0.4 is 20.7 Å². The lowest BCUT2D eigenvalue weighted by Crippen LogP contribution is -2.24. The highest BCUT2D eigenvalue weighted by Gasteiger charge is 2.22. The second kappa shape index (κ2) is 11.4. The monoisotopic (exact) mass is 497 g/mol. The molecule has 2 saturated heterocycles.